The molecule has 1 rings (SSSR count). The highest BCUT2D eigenvalue weighted by molar-refractivity contribution is 5.51. The molecule has 0 amide bonds. The minimum absolute atomic E-state index is 0.102. The van der Waals surface area contributed by atoms with E-state index in [-0.39, 0.29) is 5.75 Å². The van der Waals surface area contributed by atoms with Gasteiger partial charge in [-0.25, -0.2) is 10.8 Å². The Labute approximate surface area is 58.7 Å². The minimum Gasteiger partial charge on any atom is -0.504 e. The fourth-order valence-corrected chi connectivity index (χ4v) is 0.656. The average molecular weight is 139 g/mol. The molecule has 0 bridgehead atoms. The van der Waals surface area contributed by atoms with E-state index in [1.54, 1.807) is 19.2 Å². The van der Waals surface area contributed by atoms with E-state index in [4.69, 9.17) is 5.84 Å². The summed E-state index contributed by atoms with van der Waals surface area (Å²) < 4.78 is 0. The van der Waals surface area contributed by atoms with Crippen LogP contribution in [0.25, 0.3) is 0 Å². The summed E-state index contributed by atoms with van der Waals surface area (Å²) in [7, 11) is 0. The van der Waals surface area contributed by atoms with Gasteiger partial charge in [0.1, 0.15) is 0 Å². The number of aromatic nitrogens is 1. The molecule has 0 aliphatic carbocycles. The third-order valence-electron chi connectivity index (χ3n) is 1.26. The van der Waals surface area contributed by atoms with E-state index in [9.17, 15) is 5.11 Å². The third kappa shape index (κ3) is 1.01. The summed E-state index contributed by atoms with van der Waals surface area (Å²) >= 11 is 0. The summed E-state index contributed by atoms with van der Waals surface area (Å²) in [6, 6.07) is 1.70. The highest BCUT2D eigenvalue weighted by atomic mass is 16.3. The summed E-state index contributed by atoms with van der Waals surface area (Å²) in [6.45, 7) is 1.78. The van der Waals surface area contributed by atoms with Gasteiger partial charge in [0, 0.05) is 6.20 Å². The molecule has 0 aliphatic heterocycles. The number of nitrogen functional groups attached to an aromatic ring is 1. The number of rotatable bonds is 1. The maximum Gasteiger partial charge on any atom is 0.182 e. The van der Waals surface area contributed by atoms with Crippen LogP contribution in [0.4, 0.5) is 5.82 Å². The first-order valence-corrected chi connectivity index (χ1v) is 2.87. The van der Waals surface area contributed by atoms with Crippen LogP contribution in [0.15, 0.2) is 12.3 Å². The van der Waals surface area contributed by atoms with Crippen LogP contribution >= 0.6 is 0 Å². The molecular weight excluding hydrogens is 130 g/mol. The number of nitrogens with zero attached hydrogens (tertiary/aromatic N) is 1. The van der Waals surface area contributed by atoms with E-state index >= 15 is 0 Å². The van der Waals surface area contributed by atoms with Crippen LogP contribution in [0.2, 0.25) is 0 Å². The van der Waals surface area contributed by atoms with Gasteiger partial charge in [-0.15, -0.1) is 0 Å². The second kappa shape index (κ2) is 2.53. The van der Waals surface area contributed by atoms with Crippen molar-refractivity contribution in [2.75, 3.05) is 5.43 Å². The van der Waals surface area contributed by atoms with Gasteiger partial charge in [-0.3, -0.25) is 0 Å². The predicted molar refractivity (Wildman–Crippen MR) is 38.4 cm³/mol. The van der Waals surface area contributed by atoms with Crippen molar-refractivity contribution in [3.05, 3.63) is 17.8 Å². The lowest BCUT2D eigenvalue weighted by Crippen LogP contribution is -2.08. The molecule has 0 unspecified atom stereocenters. The van der Waals surface area contributed by atoms with Gasteiger partial charge in [0.15, 0.2) is 11.6 Å². The zero-order valence-electron chi connectivity index (χ0n) is 5.63. The maximum atomic E-state index is 9.19. The van der Waals surface area contributed by atoms with Crippen molar-refractivity contribution >= 4 is 5.82 Å². The van der Waals surface area contributed by atoms with Crippen molar-refractivity contribution in [1.29, 1.82) is 0 Å². The summed E-state index contributed by atoms with van der Waals surface area (Å²) in [5.74, 6) is 5.45. The van der Waals surface area contributed by atoms with Crippen molar-refractivity contribution in [3.63, 3.8) is 0 Å². The second-order valence-corrected chi connectivity index (χ2v) is 1.97. The molecule has 0 aliphatic rings. The van der Waals surface area contributed by atoms with E-state index in [1.807, 2.05) is 0 Å². The first-order valence-electron chi connectivity index (χ1n) is 2.87. The molecule has 1 aromatic rings. The van der Waals surface area contributed by atoms with Gasteiger partial charge < -0.3 is 10.5 Å². The highest BCUT2D eigenvalue weighted by Crippen LogP contribution is 2.22. The Bertz CT molecular complexity index is 236. The Kier molecular flexibility index (Phi) is 1.73. The molecular formula is C6H9N3O. The normalized spacial score (nSPS) is 9.40. The van der Waals surface area contributed by atoms with Gasteiger partial charge in [0.2, 0.25) is 0 Å². The Hall–Kier alpha value is -1.29. The van der Waals surface area contributed by atoms with Gasteiger partial charge in [0.05, 0.1) is 0 Å². The Morgan fingerprint density at radius 3 is 2.90 bits per heavy atom. The average Bonchev–Trinajstić information content (AvgIpc) is 1.95. The summed E-state index contributed by atoms with van der Waals surface area (Å²) in [5, 5.41) is 9.19. The van der Waals surface area contributed by atoms with Crippen LogP contribution < -0.4 is 11.3 Å². The van der Waals surface area contributed by atoms with Crippen LogP contribution in [-0.4, -0.2) is 10.1 Å². The summed E-state index contributed by atoms with van der Waals surface area (Å²) in [6.07, 6.45) is 1.57. The number of anilines is 1. The molecule has 54 valence electrons. The molecule has 4 nitrogen and oxygen atoms in total. The van der Waals surface area contributed by atoms with Gasteiger partial charge in [0.25, 0.3) is 0 Å². The first kappa shape index (κ1) is 6.82. The SMILES string of the molecule is Cc1ccnc(NN)c1O. The molecule has 0 atom stereocenters. The minimum atomic E-state index is 0.102. The molecule has 10 heavy (non-hydrogen) atoms. The van der Waals surface area contributed by atoms with Crippen molar-refractivity contribution in [3.8, 4) is 5.75 Å². The van der Waals surface area contributed by atoms with Gasteiger partial charge in [-0.2, -0.15) is 0 Å². The van der Waals surface area contributed by atoms with E-state index < -0.39 is 0 Å². The molecule has 0 aromatic carbocycles. The van der Waals surface area contributed by atoms with Gasteiger partial charge in [-0.05, 0) is 18.6 Å². The van der Waals surface area contributed by atoms with Crippen molar-refractivity contribution in [2.45, 2.75) is 6.92 Å². The smallest absolute Gasteiger partial charge is 0.182 e. The van der Waals surface area contributed by atoms with Gasteiger partial charge >= 0.3 is 0 Å². The zero-order valence-corrected chi connectivity index (χ0v) is 5.63. The van der Waals surface area contributed by atoms with E-state index in [0.717, 1.165) is 5.56 Å². The fraction of sp³-hybridized carbons (Fsp3) is 0.167. The number of hydrogen-bond acceptors (Lipinski definition) is 4. The predicted octanol–water partition coefficient (Wildman–Crippen LogP) is 0.381. The molecule has 4 N–H and O–H groups in total. The number of pyridine rings is 1. The van der Waals surface area contributed by atoms with Crippen LogP contribution in [0.3, 0.4) is 0 Å². The number of aryl methyl sites for hydroxylation is 1. The van der Waals surface area contributed by atoms with Crippen LogP contribution in [0, 0.1) is 6.92 Å². The molecule has 0 radical (unpaired) electrons. The Balaban J connectivity index is 3.14. The fourth-order valence-electron chi connectivity index (χ4n) is 0.656. The van der Waals surface area contributed by atoms with E-state index in [1.165, 1.54) is 0 Å². The van der Waals surface area contributed by atoms with E-state index in [0.29, 0.717) is 5.82 Å². The van der Waals surface area contributed by atoms with Crippen molar-refractivity contribution in [1.82, 2.24) is 4.98 Å². The standard InChI is InChI=1S/C6H9N3O/c1-4-2-3-8-6(9-7)5(4)10/h2-3,10H,7H2,1H3,(H,8,9). The topological polar surface area (TPSA) is 71.2 Å². The highest BCUT2D eigenvalue weighted by Gasteiger charge is 2.00. The number of nitrogens with two attached hydrogens (primary N) is 1. The number of aromatic hydroxyl groups is 1. The largest absolute Gasteiger partial charge is 0.504 e. The lowest BCUT2D eigenvalue weighted by Gasteiger charge is -2.02. The molecule has 1 heterocycles. The summed E-state index contributed by atoms with van der Waals surface area (Å²) in [4.78, 5) is 3.77. The quantitative estimate of drug-likeness (QED) is 0.388. The molecule has 0 saturated carbocycles. The second-order valence-electron chi connectivity index (χ2n) is 1.97. The number of hydrazine groups is 1. The lowest BCUT2D eigenvalue weighted by atomic mass is 10.3. The van der Waals surface area contributed by atoms with Crippen LogP contribution in [0.5, 0.6) is 5.75 Å². The van der Waals surface area contributed by atoms with Gasteiger partial charge in [-0.1, -0.05) is 0 Å². The molecule has 1 aromatic heterocycles. The van der Waals surface area contributed by atoms with Crippen LogP contribution in [0.1, 0.15) is 5.56 Å². The Morgan fingerprint density at radius 1 is 1.70 bits per heavy atom. The number of hydrogen-bond donors (Lipinski definition) is 3. The number of nitrogens with one attached hydrogen (secondary N) is 1. The van der Waals surface area contributed by atoms with Crippen molar-refractivity contribution in [2.24, 2.45) is 5.84 Å². The third-order valence-corrected chi connectivity index (χ3v) is 1.26. The Morgan fingerprint density at radius 2 is 2.40 bits per heavy atom. The molecule has 4 heteroatoms. The van der Waals surface area contributed by atoms with Crippen LogP contribution in [-0.2, 0) is 0 Å². The zero-order chi connectivity index (χ0) is 7.56. The first-order chi connectivity index (χ1) is 4.75. The molecule has 0 saturated heterocycles. The maximum absolute atomic E-state index is 9.19. The molecule has 0 fully saturated rings. The monoisotopic (exact) mass is 139 g/mol. The van der Waals surface area contributed by atoms with Crippen molar-refractivity contribution < 1.29 is 5.11 Å². The summed E-state index contributed by atoms with van der Waals surface area (Å²) in [5.41, 5.74) is 3.03. The van der Waals surface area contributed by atoms with E-state index in [2.05, 4.69) is 10.4 Å². The lowest BCUT2D eigenvalue weighted by molar-refractivity contribution is 0.471. The molecule has 0 spiro atoms.